The minimum Gasteiger partial charge on any atom is -0.336 e. The molecular formula is C12H15ClF2N2O3S. The van der Waals surface area contributed by atoms with E-state index in [1.54, 1.807) is 4.90 Å². The van der Waals surface area contributed by atoms with Crippen LogP contribution in [0.15, 0.2) is 29.2 Å². The van der Waals surface area contributed by atoms with Gasteiger partial charge >= 0.3 is 5.76 Å². The summed E-state index contributed by atoms with van der Waals surface area (Å²) in [5.74, 6) is -3.69. The van der Waals surface area contributed by atoms with E-state index in [0.29, 0.717) is 31.7 Å². The Morgan fingerprint density at radius 3 is 2.14 bits per heavy atom. The summed E-state index contributed by atoms with van der Waals surface area (Å²) < 4.78 is 47.3. The Balaban J connectivity index is 0.00000220. The summed E-state index contributed by atoms with van der Waals surface area (Å²) in [7, 11) is -4.61. The second-order valence-corrected chi connectivity index (χ2v) is 6.29. The van der Waals surface area contributed by atoms with Crippen LogP contribution in [0.5, 0.6) is 0 Å². The standard InChI is InChI=1S/C12H14F2N2O3S.ClH/c13-12(14)20(18,19)10-3-1-9(2-4-10)11(17)16-7-5-15-6-8-16;/h1-4,12,15H,5-8H2;1H. The molecule has 21 heavy (non-hydrogen) atoms. The van der Waals surface area contributed by atoms with Crippen LogP contribution in [-0.4, -0.2) is 51.2 Å². The highest BCUT2D eigenvalue weighted by atomic mass is 35.5. The minimum atomic E-state index is -4.61. The fourth-order valence-electron chi connectivity index (χ4n) is 1.94. The summed E-state index contributed by atoms with van der Waals surface area (Å²) in [6.45, 7) is 2.53. The molecule has 0 aromatic heterocycles. The Labute approximate surface area is 127 Å². The molecule has 5 nitrogen and oxygen atoms in total. The van der Waals surface area contributed by atoms with Gasteiger partial charge < -0.3 is 10.2 Å². The van der Waals surface area contributed by atoms with Crippen LogP contribution in [0.25, 0.3) is 0 Å². The van der Waals surface area contributed by atoms with Crippen molar-refractivity contribution in [3.63, 3.8) is 0 Å². The molecule has 1 amide bonds. The third-order valence-electron chi connectivity index (χ3n) is 3.07. The highest BCUT2D eigenvalue weighted by Crippen LogP contribution is 2.19. The van der Waals surface area contributed by atoms with Crippen LogP contribution in [0, 0.1) is 0 Å². The van der Waals surface area contributed by atoms with Crippen LogP contribution in [0.1, 0.15) is 10.4 Å². The van der Waals surface area contributed by atoms with Crippen molar-refractivity contribution in [3.05, 3.63) is 29.8 Å². The van der Waals surface area contributed by atoms with Crippen molar-refractivity contribution in [1.29, 1.82) is 0 Å². The van der Waals surface area contributed by atoms with Gasteiger partial charge in [-0.15, -0.1) is 12.4 Å². The van der Waals surface area contributed by atoms with Crippen molar-refractivity contribution in [2.75, 3.05) is 26.2 Å². The summed E-state index contributed by atoms with van der Waals surface area (Å²) in [5, 5.41) is 3.11. The van der Waals surface area contributed by atoms with Gasteiger partial charge in [0.15, 0.2) is 0 Å². The van der Waals surface area contributed by atoms with E-state index in [4.69, 9.17) is 0 Å². The smallest absolute Gasteiger partial charge is 0.336 e. The normalized spacial score (nSPS) is 15.7. The average Bonchev–Trinajstić information content (AvgIpc) is 2.47. The van der Waals surface area contributed by atoms with Gasteiger partial charge in [0, 0.05) is 31.7 Å². The van der Waals surface area contributed by atoms with Crippen molar-refractivity contribution in [1.82, 2.24) is 10.2 Å². The van der Waals surface area contributed by atoms with Gasteiger partial charge in [-0.2, -0.15) is 8.78 Å². The number of amides is 1. The molecule has 1 aliphatic heterocycles. The molecule has 118 valence electrons. The van der Waals surface area contributed by atoms with Gasteiger partial charge in [0.2, 0.25) is 9.84 Å². The lowest BCUT2D eigenvalue weighted by molar-refractivity contribution is 0.0735. The summed E-state index contributed by atoms with van der Waals surface area (Å²) in [6.07, 6.45) is 0. The number of nitrogens with zero attached hydrogens (tertiary/aromatic N) is 1. The van der Waals surface area contributed by atoms with Crippen LogP contribution in [-0.2, 0) is 9.84 Å². The SMILES string of the molecule is Cl.O=C(c1ccc(S(=O)(=O)C(F)F)cc1)N1CCNCC1. The number of piperazine rings is 1. The number of benzene rings is 1. The fourth-order valence-corrected chi connectivity index (χ4v) is 2.66. The Morgan fingerprint density at radius 2 is 1.67 bits per heavy atom. The van der Waals surface area contributed by atoms with Crippen LogP contribution >= 0.6 is 12.4 Å². The first kappa shape index (κ1) is 17.8. The van der Waals surface area contributed by atoms with Gasteiger partial charge in [-0.05, 0) is 24.3 Å². The predicted octanol–water partition coefficient (Wildman–Crippen LogP) is 1.15. The number of carbonyl (C=O) groups excluding carboxylic acids is 1. The maximum Gasteiger partial charge on any atom is 0.341 e. The number of halogens is 3. The quantitative estimate of drug-likeness (QED) is 0.896. The molecule has 0 bridgehead atoms. The molecule has 0 aliphatic carbocycles. The third-order valence-corrected chi connectivity index (χ3v) is 4.47. The van der Waals surface area contributed by atoms with Gasteiger partial charge in [0.25, 0.3) is 5.91 Å². The monoisotopic (exact) mass is 340 g/mol. The number of hydrogen-bond acceptors (Lipinski definition) is 4. The first-order valence-corrected chi connectivity index (χ1v) is 7.59. The van der Waals surface area contributed by atoms with Crippen molar-refractivity contribution in [3.8, 4) is 0 Å². The number of hydrogen-bond donors (Lipinski definition) is 1. The van der Waals surface area contributed by atoms with Gasteiger partial charge in [-0.3, -0.25) is 4.79 Å². The third kappa shape index (κ3) is 3.90. The lowest BCUT2D eigenvalue weighted by Gasteiger charge is -2.27. The molecule has 0 radical (unpaired) electrons. The van der Waals surface area contributed by atoms with Gasteiger partial charge in [-0.25, -0.2) is 8.42 Å². The molecule has 0 atom stereocenters. The zero-order chi connectivity index (χ0) is 14.8. The molecule has 1 N–H and O–H groups in total. The summed E-state index contributed by atoms with van der Waals surface area (Å²) >= 11 is 0. The van der Waals surface area contributed by atoms with E-state index in [1.807, 2.05) is 0 Å². The molecule has 2 rings (SSSR count). The Bertz CT molecular complexity index is 587. The molecule has 1 saturated heterocycles. The maximum atomic E-state index is 12.4. The Morgan fingerprint density at radius 1 is 1.14 bits per heavy atom. The molecule has 1 fully saturated rings. The molecular weight excluding hydrogens is 326 g/mol. The molecule has 0 unspecified atom stereocenters. The number of sulfone groups is 1. The highest BCUT2D eigenvalue weighted by Gasteiger charge is 2.27. The zero-order valence-electron chi connectivity index (χ0n) is 11.0. The average molecular weight is 341 g/mol. The van der Waals surface area contributed by atoms with Crippen molar-refractivity contribution in [2.45, 2.75) is 10.7 Å². The van der Waals surface area contributed by atoms with Crippen molar-refractivity contribution >= 4 is 28.2 Å². The van der Waals surface area contributed by atoms with E-state index < -0.39 is 20.5 Å². The molecule has 1 aromatic carbocycles. The van der Waals surface area contributed by atoms with Gasteiger partial charge in [0.1, 0.15) is 0 Å². The first-order chi connectivity index (χ1) is 9.43. The Hall–Kier alpha value is -1.25. The lowest BCUT2D eigenvalue weighted by atomic mass is 10.2. The van der Waals surface area contributed by atoms with E-state index in [9.17, 15) is 22.0 Å². The number of rotatable bonds is 3. The number of alkyl halides is 2. The summed E-state index contributed by atoms with van der Waals surface area (Å²) in [6, 6.07) is 4.60. The van der Waals surface area contributed by atoms with Crippen LogP contribution in [0.2, 0.25) is 0 Å². The second kappa shape index (κ2) is 7.15. The molecule has 9 heteroatoms. The van der Waals surface area contributed by atoms with Crippen molar-refractivity contribution in [2.24, 2.45) is 0 Å². The first-order valence-electron chi connectivity index (χ1n) is 6.05. The van der Waals surface area contributed by atoms with E-state index in [1.165, 1.54) is 12.1 Å². The van der Waals surface area contributed by atoms with E-state index in [-0.39, 0.29) is 18.3 Å². The van der Waals surface area contributed by atoms with Gasteiger partial charge in [-0.1, -0.05) is 0 Å². The minimum absolute atomic E-state index is 0. The molecule has 0 saturated carbocycles. The second-order valence-electron chi connectivity index (χ2n) is 4.37. The van der Waals surface area contributed by atoms with Crippen molar-refractivity contribution < 1.29 is 22.0 Å². The van der Waals surface area contributed by atoms with E-state index in [2.05, 4.69) is 5.32 Å². The molecule has 1 aromatic rings. The number of nitrogens with one attached hydrogen (secondary N) is 1. The van der Waals surface area contributed by atoms with Gasteiger partial charge in [0.05, 0.1) is 4.90 Å². The topological polar surface area (TPSA) is 66.5 Å². The van der Waals surface area contributed by atoms with Crippen LogP contribution in [0.3, 0.4) is 0 Å². The van der Waals surface area contributed by atoms with Crippen LogP contribution < -0.4 is 5.32 Å². The molecule has 0 spiro atoms. The predicted molar refractivity (Wildman–Crippen MR) is 75.7 cm³/mol. The summed E-state index contributed by atoms with van der Waals surface area (Å²) in [5.41, 5.74) is 0.292. The highest BCUT2D eigenvalue weighted by molar-refractivity contribution is 7.91. The Kier molecular flexibility index (Phi) is 6.06. The van der Waals surface area contributed by atoms with E-state index >= 15 is 0 Å². The van der Waals surface area contributed by atoms with E-state index in [0.717, 1.165) is 12.1 Å². The number of carbonyl (C=O) groups is 1. The molecule has 1 heterocycles. The molecule has 1 aliphatic rings. The van der Waals surface area contributed by atoms with Crippen LogP contribution in [0.4, 0.5) is 8.78 Å². The lowest BCUT2D eigenvalue weighted by Crippen LogP contribution is -2.46. The maximum absolute atomic E-state index is 12.4. The zero-order valence-corrected chi connectivity index (χ0v) is 12.6. The largest absolute Gasteiger partial charge is 0.341 e. The summed E-state index contributed by atoms with van der Waals surface area (Å²) in [4.78, 5) is 13.2. The fraction of sp³-hybridized carbons (Fsp3) is 0.417.